The van der Waals surface area contributed by atoms with Crippen LogP contribution < -0.4 is 10.6 Å². The first-order valence-electron chi connectivity index (χ1n) is 13.9. The molecule has 0 fully saturated rings. The number of esters is 1. The van der Waals surface area contributed by atoms with E-state index in [-0.39, 0.29) is 42.5 Å². The van der Waals surface area contributed by atoms with Gasteiger partial charge in [0.2, 0.25) is 0 Å². The third-order valence-electron chi connectivity index (χ3n) is 7.19. The second kappa shape index (κ2) is 12.2. The van der Waals surface area contributed by atoms with Crippen molar-refractivity contribution in [1.29, 1.82) is 0 Å². The maximum atomic E-state index is 13.5. The number of carbonyl (C=O) groups is 3. The number of rotatable bonds is 10. The normalized spacial score (nSPS) is 14.0. The van der Waals surface area contributed by atoms with E-state index in [0.29, 0.717) is 52.2 Å². The van der Waals surface area contributed by atoms with Gasteiger partial charge in [-0.3, -0.25) is 14.6 Å². The summed E-state index contributed by atoms with van der Waals surface area (Å²) in [5, 5.41) is 5.90. The fraction of sp³-hybridized carbons (Fsp3) is 0.273. The van der Waals surface area contributed by atoms with Crippen molar-refractivity contribution in [3.05, 3.63) is 112 Å². The number of furan rings is 1. The summed E-state index contributed by atoms with van der Waals surface area (Å²) in [6, 6.07) is 20.2. The Morgan fingerprint density at radius 2 is 1.76 bits per heavy atom. The van der Waals surface area contributed by atoms with Crippen LogP contribution in [0.5, 0.6) is 0 Å². The molecule has 0 aliphatic carbocycles. The number of fused-ring (bicyclic) bond motifs is 1. The third kappa shape index (κ3) is 5.91. The van der Waals surface area contributed by atoms with E-state index in [2.05, 4.69) is 10.6 Å². The number of nitrogens with one attached hydrogen (secondary N) is 2. The SMILES string of the molecule is CCOC(=O)c1c(CCc2ccccc2)nc2c(c1-c1ccc(C(=O)NCc3ccco3)cc1)C(=O)NC2C(C)C. The molecule has 210 valence electrons. The highest BCUT2D eigenvalue weighted by Gasteiger charge is 2.38. The van der Waals surface area contributed by atoms with Gasteiger partial charge in [0, 0.05) is 11.1 Å². The zero-order chi connectivity index (χ0) is 28.9. The van der Waals surface area contributed by atoms with Crippen LogP contribution in [0.15, 0.2) is 77.4 Å². The zero-order valence-corrected chi connectivity index (χ0v) is 23.4. The van der Waals surface area contributed by atoms with E-state index in [1.54, 1.807) is 49.6 Å². The Balaban J connectivity index is 1.59. The molecule has 3 heterocycles. The van der Waals surface area contributed by atoms with Crippen LogP contribution in [0.25, 0.3) is 11.1 Å². The highest BCUT2D eigenvalue weighted by molar-refractivity contribution is 6.11. The summed E-state index contributed by atoms with van der Waals surface area (Å²) in [6.07, 6.45) is 2.71. The van der Waals surface area contributed by atoms with E-state index in [4.69, 9.17) is 14.1 Å². The van der Waals surface area contributed by atoms with E-state index >= 15 is 0 Å². The molecule has 1 aliphatic heterocycles. The van der Waals surface area contributed by atoms with E-state index in [1.807, 2.05) is 44.2 Å². The third-order valence-corrected chi connectivity index (χ3v) is 7.19. The highest BCUT2D eigenvalue weighted by Crippen LogP contribution is 2.40. The molecule has 0 saturated carbocycles. The number of hydrogen-bond donors (Lipinski definition) is 2. The molecule has 0 saturated heterocycles. The molecule has 0 bridgehead atoms. The number of amides is 2. The molecule has 2 N–H and O–H groups in total. The molecule has 8 heteroatoms. The van der Waals surface area contributed by atoms with E-state index < -0.39 is 5.97 Å². The van der Waals surface area contributed by atoms with Crippen LogP contribution in [0.3, 0.4) is 0 Å². The highest BCUT2D eigenvalue weighted by atomic mass is 16.5. The van der Waals surface area contributed by atoms with Crippen molar-refractivity contribution in [2.75, 3.05) is 6.61 Å². The van der Waals surface area contributed by atoms with Crippen molar-refractivity contribution >= 4 is 17.8 Å². The number of aromatic nitrogens is 1. The van der Waals surface area contributed by atoms with Crippen molar-refractivity contribution in [2.45, 2.75) is 46.2 Å². The average Bonchev–Trinajstić information content (AvgIpc) is 3.62. The molecule has 0 radical (unpaired) electrons. The molecule has 1 atom stereocenters. The minimum Gasteiger partial charge on any atom is -0.467 e. The molecule has 4 aromatic rings. The van der Waals surface area contributed by atoms with Crippen LogP contribution in [0.2, 0.25) is 0 Å². The molecular formula is C33H33N3O5. The Kier molecular flexibility index (Phi) is 8.29. The number of hydrogen-bond acceptors (Lipinski definition) is 6. The number of carbonyl (C=O) groups excluding carboxylic acids is 3. The van der Waals surface area contributed by atoms with Gasteiger partial charge in [-0.25, -0.2) is 4.79 Å². The molecule has 8 nitrogen and oxygen atoms in total. The van der Waals surface area contributed by atoms with Gasteiger partial charge >= 0.3 is 5.97 Å². The second-order valence-corrected chi connectivity index (χ2v) is 10.3. The maximum Gasteiger partial charge on any atom is 0.340 e. The summed E-state index contributed by atoms with van der Waals surface area (Å²) in [5.41, 5.74) is 4.57. The van der Waals surface area contributed by atoms with Crippen LogP contribution in [-0.2, 0) is 24.1 Å². The van der Waals surface area contributed by atoms with E-state index in [0.717, 1.165) is 5.56 Å². The minimum absolute atomic E-state index is 0.0937. The van der Waals surface area contributed by atoms with Crippen molar-refractivity contribution in [1.82, 2.24) is 15.6 Å². The molecular weight excluding hydrogens is 518 g/mol. The monoisotopic (exact) mass is 551 g/mol. The molecule has 1 unspecified atom stereocenters. The number of benzene rings is 2. The number of aryl methyl sites for hydroxylation is 2. The molecule has 2 amide bonds. The Bertz CT molecular complexity index is 1540. The van der Waals surface area contributed by atoms with Gasteiger partial charge in [0.1, 0.15) is 5.76 Å². The van der Waals surface area contributed by atoms with Crippen molar-refractivity contribution in [3.63, 3.8) is 0 Å². The maximum absolute atomic E-state index is 13.5. The Hall–Kier alpha value is -4.72. The second-order valence-electron chi connectivity index (χ2n) is 10.3. The van der Waals surface area contributed by atoms with Crippen LogP contribution >= 0.6 is 0 Å². The quantitative estimate of drug-likeness (QED) is 0.246. The minimum atomic E-state index is -0.526. The lowest BCUT2D eigenvalue weighted by atomic mass is 9.88. The molecule has 5 rings (SSSR count). The topological polar surface area (TPSA) is 111 Å². The molecule has 0 spiro atoms. The molecule has 2 aromatic carbocycles. The lowest BCUT2D eigenvalue weighted by molar-refractivity contribution is 0.0525. The van der Waals surface area contributed by atoms with E-state index in [1.165, 1.54) is 0 Å². The average molecular weight is 552 g/mol. The first-order chi connectivity index (χ1) is 19.9. The number of ether oxygens (including phenoxy) is 1. The first-order valence-corrected chi connectivity index (χ1v) is 13.9. The predicted molar refractivity (Wildman–Crippen MR) is 154 cm³/mol. The van der Waals surface area contributed by atoms with Gasteiger partial charge in [-0.05, 0) is 61.1 Å². The molecule has 41 heavy (non-hydrogen) atoms. The number of pyridine rings is 1. The van der Waals surface area contributed by atoms with Gasteiger partial charge in [0.25, 0.3) is 11.8 Å². The van der Waals surface area contributed by atoms with Crippen LogP contribution in [0.4, 0.5) is 0 Å². The Morgan fingerprint density at radius 1 is 1.00 bits per heavy atom. The van der Waals surface area contributed by atoms with Crippen molar-refractivity contribution < 1.29 is 23.5 Å². The van der Waals surface area contributed by atoms with Gasteiger partial charge in [-0.1, -0.05) is 56.3 Å². The van der Waals surface area contributed by atoms with Crippen molar-refractivity contribution in [3.8, 4) is 11.1 Å². The zero-order valence-electron chi connectivity index (χ0n) is 23.4. The summed E-state index contributed by atoms with van der Waals surface area (Å²) < 4.78 is 10.8. The van der Waals surface area contributed by atoms with Crippen LogP contribution in [-0.4, -0.2) is 29.4 Å². The summed E-state index contributed by atoms with van der Waals surface area (Å²) >= 11 is 0. The van der Waals surface area contributed by atoms with Gasteiger partial charge < -0.3 is 19.8 Å². The Labute approximate surface area is 239 Å². The fourth-order valence-electron chi connectivity index (χ4n) is 5.14. The lowest BCUT2D eigenvalue weighted by Gasteiger charge is -2.20. The van der Waals surface area contributed by atoms with Crippen LogP contribution in [0, 0.1) is 5.92 Å². The van der Waals surface area contributed by atoms with Gasteiger partial charge in [-0.2, -0.15) is 0 Å². The predicted octanol–water partition coefficient (Wildman–Crippen LogP) is 5.67. The van der Waals surface area contributed by atoms with Crippen LogP contribution in [0.1, 0.15) is 80.6 Å². The van der Waals surface area contributed by atoms with Gasteiger partial charge in [0.15, 0.2) is 0 Å². The summed E-state index contributed by atoms with van der Waals surface area (Å²) in [5.74, 6) is -0.324. The number of nitrogens with zero attached hydrogens (tertiary/aromatic N) is 1. The van der Waals surface area contributed by atoms with E-state index in [9.17, 15) is 14.4 Å². The lowest BCUT2D eigenvalue weighted by Crippen LogP contribution is -2.23. The standard InChI is InChI=1S/C33H33N3O5/c1-4-40-33(39)27-25(17-12-21-9-6-5-7-10-21)35-30-28(32(38)36-29(30)20(2)3)26(27)22-13-15-23(16-14-22)31(37)34-19-24-11-8-18-41-24/h5-11,13-16,18,20,29H,4,12,17,19H2,1-3H3,(H,34,37)(H,36,38). The largest absolute Gasteiger partial charge is 0.467 e. The molecule has 1 aliphatic rings. The first kappa shape index (κ1) is 27.8. The van der Waals surface area contributed by atoms with Gasteiger partial charge in [-0.15, -0.1) is 0 Å². The molecule has 2 aromatic heterocycles. The summed E-state index contributed by atoms with van der Waals surface area (Å²) in [7, 11) is 0. The fourth-order valence-corrected chi connectivity index (χ4v) is 5.14. The summed E-state index contributed by atoms with van der Waals surface area (Å²) in [4.78, 5) is 44.6. The smallest absolute Gasteiger partial charge is 0.340 e. The summed E-state index contributed by atoms with van der Waals surface area (Å²) in [6.45, 7) is 6.25. The Morgan fingerprint density at radius 3 is 2.41 bits per heavy atom. The van der Waals surface area contributed by atoms with Crippen molar-refractivity contribution in [2.24, 2.45) is 5.92 Å². The van der Waals surface area contributed by atoms with Gasteiger partial charge in [0.05, 0.1) is 48.0 Å².